The van der Waals surface area contributed by atoms with Crippen molar-refractivity contribution in [1.29, 1.82) is 0 Å². The van der Waals surface area contributed by atoms with E-state index in [1.54, 1.807) is 11.0 Å². The van der Waals surface area contributed by atoms with Gasteiger partial charge in [0.25, 0.3) is 0 Å². The second kappa shape index (κ2) is 8.98. The summed E-state index contributed by atoms with van der Waals surface area (Å²) in [4.78, 5) is 13.7. The molecule has 0 spiro atoms. The molecule has 0 bridgehead atoms. The van der Waals surface area contributed by atoms with Crippen LogP contribution in [0.2, 0.25) is 0 Å². The number of hydrogen-bond donors (Lipinski definition) is 1. The molecule has 1 aliphatic rings. The van der Waals surface area contributed by atoms with Crippen molar-refractivity contribution in [3.05, 3.63) is 12.2 Å². The Kier molecular flexibility index (Phi) is 6.99. The second-order valence-electron chi connectivity index (χ2n) is 6.36. The smallest absolute Gasteiger partial charge is 0.194 e. The van der Waals surface area contributed by atoms with E-state index in [2.05, 4.69) is 46.0 Å². The summed E-state index contributed by atoms with van der Waals surface area (Å²) in [6.45, 7) is 11.4. The molecule has 0 amide bonds. The number of guanidine groups is 1. The van der Waals surface area contributed by atoms with Crippen molar-refractivity contribution in [2.24, 2.45) is 12.0 Å². The lowest BCUT2D eigenvalue weighted by Gasteiger charge is -2.37. The molecule has 1 saturated heterocycles. The third-order valence-electron chi connectivity index (χ3n) is 4.37. The number of nitrogens with one attached hydrogen (secondary N) is 1. The maximum Gasteiger partial charge on any atom is 0.194 e. The lowest BCUT2D eigenvalue weighted by atomic mass is 10.2. The quantitative estimate of drug-likeness (QED) is 0.596. The Morgan fingerprint density at radius 2 is 2.38 bits per heavy atom. The van der Waals surface area contributed by atoms with E-state index in [9.17, 15) is 0 Å². The van der Waals surface area contributed by atoms with Gasteiger partial charge in [0.2, 0.25) is 0 Å². The van der Waals surface area contributed by atoms with Gasteiger partial charge in [-0.3, -0.25) is 14.6 Å². The van der Waals surface area contributed by atoms with Gasteiger partial charge in [0, 0.05) is 39.3 Å². The Hall–Kier alpha value is -1.67. The Balaban J connectivity index is 1.97. The van der Waals surface area contributed by atoms with Gasteiger partial charge in [-0.05, 0) is 20.8 Å². The summed E-state index contributed by atoms with van der Waals surface area (Å²) in [5.74, 6) is 1.81. The fourth-order valence-corrected chi connectivity index (χ4v) is 2.94. The van der Waals surface area contributed by atoms with Gasteiger partial charge in [-0.15, -0.1) is 0 Å². The van der Waals surface area contributed by atoms with E-state index in [-0.39, 0.29) is 0 Å². The molecule has 0 aromatic carbocycles. The minimum absolute atomic E-state index is 0.390. The first kappa shape index (κ1) is 18.7. The van der Waals surface area contributed by atoms with Crippen molar-refractivity contribution in [3.8, 4) is 0 Å². The monoisotopic (exact) mass is 337 g/mol. The zero-order valence-electron chi connectivity index (χ0n) is 15.6. The number of nitrogens with zero attached hydrogens (tertiary/aromatic N) is 6. The van der Waals surface area contributed by atoms with Crippen molar-refractivity contribution >= 4 is 5.96 Å². The molecule has 0 radical (unpaired) electrons. The first-order chi connectivity index (χ1) is 11.5. The SMILES string of the molecule is CCNC(=NCC(C)N1CCOCC1C)N(C)Cc1ncnn1C. The van der Waals surface area contributed by atoms with Crippen molar-refractivity contribution < 1.29 is 4.74 Å². The van der Waals surface area contributed by atoms with Crippen molar-refractivity contribution in [1.82, 2.24) is 29.9 Å². The summed E-state index contributed by atoms with van der Waals surface area (Å²) >= 11 is 0. The van der Waals surface area contributed by atoms with E-state index in [0.29, 0.717) is 18.6 Å². The molecule has 24 heavy (non-hydrogen) atoms. The van der Waals surface area contributed by atoms with Crippen LogP contribution in [-0.2, 0) is 18.3 Å². The number of aliphatic imine (C=N–C) groups is 1. The highest BCUT2D eigenvalue weighted by Crippen LogP contribution is 2.11. The fraction of sp³-hybridized carbons (Fsp3) is 0.812. The van der Waals surface area contributed by atoms with Crippen LogP contribution in [-0.4, -0.2) is 82.5 Å². The van der Waals surface area contributed by atoms with Crippen molar-refractivity contribution in [3.63, 3.8) is 0 Å². The Morgan fingerprint density at radius 3 is 3.00 bits per heavy atom. The predicted octanol–water partition coefficient (Wildman–Crippen LogP) is 0.322. The van der Waals surface area contributed by atoms with Crippen LogP contribution in [0, 0.1) is 0 Å². The molecule has 1 N–H and O–H groups in total. The molecule has 2 atom stereocenters. The van der Waals surface area contributed by atoms with Gasteiger partial charge in [-0.25, -0.2) is 4.98 Å². The first-order valence-electron chi connectivity index (χ1n) is 8.68. The summed E-state index contributed by atoms with van der Waals surface area (Å²) in [5.41, 5.74) is 0. The molecule has 1 aromatic heterocycles. The number of aromatic nitrogens is 3. The van der Waals surface area contributed by atoms with Gasteiger partial charge in [-0.1, -0.05) is 0 Å². The molecule has 0 aliphatic carbocycles. The van der Waals surface area contributed by atoms with E-state index >= 15 is 0 Å². The van der Waals surface area contributed by atoms with E-state index in [1.165, 1.54) is 0 Å². The molecule has 8 nitrogen and oxygen atoms in total. The maximum atomic E-state index is 5.52. The van der Waals surface area contributed by atoms with Crippen LogP contribution in [0.4, 0.5) is 0 Å². The molecule has 1 fully saturated rings. The summed E-state index contributed by atoms with van der Waals surface area (Å²) in [6, 6.07) is 0.837. The van der Waals surface area contributed by atoms with E-state index in [0.717, 1.165) is 44.6 Å². The van der Waals surface area contributed by atoms with Crippen LogP contribution in [0.3, 0.4) is 0 Å². The van der Waals surface area contributed by atoms with Gasteiger partial charge >= 0.3 is 0 Å². The number of aryl methyl sites for hydroxylation is 1. The third kappa shape index (κ3) is 4.91. The molecular formula is C16H31N7O. The molecule has 1 aromatic rings. The lowest BCUT2D eigenvalue weighted by molar-refractivity contribution is -0.0166. The highest BCUT2D eigenvalue weighted by molar-refractivity contribution is 5.79. The third-order valence-corrected chi connectivity index (χ3v) is 4.37. The number of morpholine rings is 1. The number of hydrogen-bond acceptors (Lipinski definition) is 5. The standard InChI is InChI=1S/C16H31N7O/c1-6-17-16(21(4)10-15-19-12-20-22(15)5)18-9-13(2)23-7-8-24-11-14(23)3/h12-14H,6-11H2,1-5H3,(H,17,18). The molecule has 0 saturated carbocycles. The molecule has 8 heteroatoms. The van der Waals surface area contributed by atoms with E-state index in [4.69, 9.17) is 9.73 Å². The Labute approximate surface area is 144 Å². The van der Waals surface area contributed by atoms with Crippen LogP contribution in [0.1, 0.15) is 26.6 Å². The van der Waals surface area contributed by atoms with Crippen molar-refractivity contribution in [2.75, 3.05) is 39.9 Å². The van der Waals surface area contributed by atoms with Crippen LogP contribution in [0.5, 0.6) is 0 Å². The molecule has 2 rings (SSSR count). The van der Waals surface area contributed by atoms with Gasteiger partial charge in [-0.2, -0.15) is 5.10 Å². The largest absolute Gasteiger partial charge is 0.379 e. The molecular weight excluding hydrogens is 306 g/mol. The number of rotatable bonds is 6. The summed E-state index contributed by atoms with van der Waals surface area (Å²) in [7, 11) is 3.93. The predicted molar refractivity (Wildman–Crippen MR) is 94.9 cm³/mol. The fourth-order valence-electron chi connectivity index (χ4n) is 2.94. The molecule has 2 unspecified atom stereocenters. The maximum absolute atomic E-state index is 5.52. The minimum atomic E-state index is 0.390. The molecule has 136 valence electrons. The van der Waals surface area contributed by atoms with E-state index < -0.39 is 0 Å². The number of ether oxygens (including phenoxy) is 1. The average molecular weight is 337 g/mol. The van der Waals surface area contributed by atoms with Crippen molar-refractivity contribution in [2.45, 2.75) is 39.4 Å². The highest BCUT2D eigenvalue weighted by atomic mass is 16.5. The topological polar surface area (TPSA) is 70.8 Å². The minimum Gasteiger partial charge on any atom is -0.379 e. The Morgan fingerprint density at radius 1 is 1.58 bits per heavy atom. The Bertz CT molecular complexity index is 530. The normalized spacial score (nSPS) is 20.9. The zero-order valence-corrected chi connectivity index (χ0v) is 15.6. The molecule has 1 aliphatic heterocycles. The summed E-state index contributed by atoms with van der Waals surface area (Å²) < 4.78 is 7.31. The van der Waals surface area contributed by atoms with Gasteiger partial charge in [0.1, 0.15) is 12.2 Å². The van der Waals surface area contributed by atoms with Gasteiger partial charge < -0.3 is 15.0 Å². The van der Waals surface area contributed by atoms with Crippen LogP contribution >= 0.6 is 0 Å². The van der Waals surface area contributed by atoms with Gasteiger partial charge in [0.15, 0.2) is 5.96 Å². The van der Waals surface area contributed by atoms with Gasteiger partial charge in [0.05, 0.1) is 26.3 Å². The van der Waals surface area contributed by atoms with Crippen LogP contribution < -0.4 is 5.32 Å². The zero-order chi connectivity index (χ0) is 17.5. The second-order valence-corrected chi connectivity index (χ2v) is 6.36. The first-order valence-corrected chi connectivity index (χ1v) is 8.68. The molecule has 2 heterocycles. The summed E-state index contributed by atoms with van der Waals surface area (Å²) in [5, 5.41) is 7.48. The lowest BCUT2D eigenvalue weighted by Crippen LogP contribution is -2.49. The van der Waals surface area contributed by atoms with E-state index in [1.807, 2.05) is 14.1 Å². The average Bonchev–Trinajstić information content (AvgIpc) is 2.96. The highest BCUT2D eigenvalue weighted by Gasteiger charge is 2.23. The van der Waals surface area contributed by atoms with Crippen LogP contribution in [0.25, 0.3) is 0 Å². The summed E-state index contributed by atoms with van der Waals surface area (Å²) in [6.07, 6.45) is 1.58. The van der Waals surface area contributed by atoms with Crippen LogP contribution in [0.15, 0.2) is 11.3 Å².